The maximum Gasteiger partial charge on any atom is 0.0808 e. The summed E-state index contributed by atoms with van der Waals surface area (Å²) < 4.78 is 11.5. The van der Waals surface area contributed by atoms with Crippen LogP contribution in [0.1, 0.15) is 46.5 Å². The van der Waals surface area contributed by atoms with Gasteiger partial charge < -0.3 is 14.8 Å². The van der Waals surface area contributed by atoms with Gasteiger partial charge in [-0.05, 0) is 46.1 Å². The fraction of sp³-hybridized carbons (Fsp3) is 1.00. The lowest BCUT2D eigenvalue weighted by Gasteiger charge is -2.26. The summed E-state index contributed by atoms with van der Waals surface area (Å²) in [5, 5.41) is 3.45. The van der Waals surface area contributed by atoms with Crippen LogP contribution in [0.25, 0.3) is 0 Å². The van der Waals surface area contributed by atoms with Gasteiger partial charge in [0.05, 0.1) is 18.8 Å². The third-order valence-corrected chi connectivity index (χ3v) is 3.24. The molecular formula is C13H27NO2. The van der Waals surface area contributed by atoms with Crippen molar-refractivity contribution in [1.29, 1.82) is 0 Å². The summed E-state index contributed by atoms with van der Waals surface area (Å²) >= 11 is 0. The average molecular weight is 229 g/mol. The van der Waals surface area contributed by atoms with Crippen LogP contribution in [0.3, 0.4) is 0 Å². The summed E-state index contributed by atoms with van der Waals surface area (Å²) in [6.45, 7) is 9.22. The summed E-state index contributed by atoms with van der Waals surface area (Å²) in [7, 11) is 0. The van der Waals surface area contributed by atoms with E-state index in [1.165, 1.54) is 19.3 Å². The first-order chi connectivity index (χ1) is 7.74. The maximum atomic E-state index is 5.85. The fourth-order valence-electron chi connectivity index (χ4n) is 1.88. The van der Waals surface area contributed by atoms with Crippen molar-refractivity contribution in [2.45, 2.75) is 64.7 Å². The first-order valence-corrected chi connectivity index (χ1v) is 6.70. The van der Waals surface area contributed by atoms with E-state index in [0.717, 1.165) is 26.2 Å². The molecule has 0 aromatic rings. The van der Waals surface area contributed by atoms with Crippen LogP contribution in [0, 0.1) is 0 Å². The van der Waals surface area contributed by atoms with E-state index >= 15 is 0 Å². The van der Waals surface area contributed by atoms with Gasteiger partial charge in [0.1, 0.15) is 0 Å². The summed E-state index contributed by atoms with van der Waals surface area (Å²) in [5.74, 6) is 0. The quantitative estimate of drug-likeness (QED) is 0.727. The molecule has 0 spiro atoms. The summed E-state index contributed by atoms with van der Waals surface area (Å²) in [6, 6.07) is 0.420. The average Bonchev–Trinajstić information content (AvgIpc) is 2.34. The molecule has 1 rings (SSSR count). The molecule has 1 N–H and O–H groups in total. The lowest BCUT2D eigenvalue weighted by Crippen LogP contribution is -2.39. The van der Waals surface area contributed by atoms with Gasteiger partial charge in [-0.2, -0.15) is 0 Å². The van der Waals surface area contributed by atoms with Gasteiger partial charge in [-0.3, -0.25) is 0 Å². The number of hydrogen-bond acceptors (Lipinski definition) is 3. The smallest absolute Gasteiger partial charge is 0.0808 e. The predicted octanol–water partition coefficient (Wildman–Crippen LogP) is 2.35. The summed E-state index contributed by atoms with van der Waals surface area (Å²) in [4.78, 5) is 0. The number of rotatable bonds is 7. The molecular weight excluding hydrogens is 202 g/mol. The summed E-state index contributed by atoms with van der Waals surface area (Å²) in [5.41, 5.74) is 0. The Balaban J connectivity index is 2.10. The molecule has 0 saturated carbocycles. The maximum absolute atomic E-state index is 5.85. The van der Waals surface area contributed by atoms with Crippen molar-refractivity contribution in [2.24, 2.45) is 0 Å². The molecule has 1 saturated heterocycles. The van der Waals surface area contributed by atoms with Crippen molar-refractivity contribution < 1.29 is 9.47 Å². The molecule has 3 nitrogen and oxygen atoms in total. The highest BCUT2D eigenvalue weighted by Gasteiger charge is 2.17. The highest BCUT2D eigenvalue weighted by Crippen LogP contribution is 2.13. The van der Waals surface area contributed by atoms with E-state index in [4.69, 9.17) is 9.47 Å². The second-order valence-corrected chi connectivity index (χ2v) is 4.77. The number of hydrogen-bond donors (Lipinski definition) is 1. The van der Waals surface area contributed by atoms with E-state index in [0.29, 0.717) is 12.1 Å². The molecule has 0 aliphatic carbocycles. The standard InChI is InChI=1S/C13H27NO2/c1-4-8-14-11(2)12(3)16-10-13-7-5-6-9-15-13/h11-14H,4-10H2,1-3H3. The highest BCUT2D eigenvalue weighted by molar-refractivity contribution is 4.70. The number of nitrogens with one attached hydrogen (secondary N) is 1. The van der Waals surface area contributed by atoms with Crippen LogP contribution in [0.5, 0.6) is 0 Å². The van der Waals surface area contributed by atoms with E-state index in [1.807, 2.05) is 0 Å². The van der Waals surface area contributed by atoms with Crippen LogP contribution in [-0.4, -0.2) is 38.0 Å². The zero-order valence-corrected chi connectivity index (χ0v) is 11.0. The van der Waals surface area contributed by atoms with Crippen molar-refractivity contribution in [2.75, 3.05) is 19.8 Å². The van der Waals surface area contributed by atoms with Crippen LogP contribution >= 0.6 is 0 Å². The minimum Gasteiger partial charge on any atom is -0.376 e. The first kappa shape index (κ1) is 13.9. The normalized spacial score (nSPS) is 25.3. The molecule has 3 heteroatoms. The minimum atomic E-state index is 0.261. The lowest BCUT2D eigenvalue weighted by molar-refractivity contribution is -0.0648. The van der Waals surface area contributed by atoms with Gasteiger partial charge in [0, 0.05) is 12.6 Å². The van der Waals surface area contributed by atoms with Gasteiger partial charge in [0.2, 0.25) is 0 Å². The molecule has 1 heterocycles. The zero-order chi connectivity index (χ0) is 11.8. The Kier molecular flexibility index (Phi) is 7.01. The summed E-state index contributed by atoms with van der Waals surface area (Å²) in [6.07, 6.45) is 5.41. The monoisotopic (exact) mass is 229 g/mol. The molecule has 0 amide bonds. The Morgan fingerprint density at radius 3 is 2.81 bits per heavy atom. The van der Waals surface area contributed by atoms with Gasteiger partial charge in [0.15, 0.2) is 0 Å². The Morgan fingerprint density at radius 1 is 1.38 bits per heavy atom. The van der Waals surface area contributed by atoms with Gasteiger partial charge in [-0.15, -0.1) is 0 Å². The molecule has 3 unspecified atom stereocenters. The van der Waals surface area contributed by atoms with Crippen molar-refractivity contribution >= 4 is 0 Å². The van der Waals surface area contributed by atoms with Crippen molar-refractivity contribution in [3.05, 3.63) is 0 Å². The van der Waals surface area contributed by atoms with Crippen LogP contribution in [0.4, 0.5) is 0 Å². The Labute approximate surface area is 99.9 Å². The van der Waals surface area contributed by atoms with Gasteiger partial charge in [-0.25, -0.2) is 0 Å². The fourth-order valence-corrected chi connectivity index (χ4v) is 1.88. The first-order valence-electron chi connectivity index (χ1n) is 6.70. The van der Waals surface area contributed by atoms with E-state index < -0.39 is 0 Å². The van der Waals surface area contributed by atoms with Crippen LogP contribution in [0.2, 0.25) is 0 Å². The molecule has 1 aliphatic heterocycles. The largest absolute Gasteiger partial charge is 0.376 e. The van der Waals surface area contributed by atoms with E-state index in [-0.39, 0.29) is 6.10 Å². The van der Waals surface area contributed by atoms with Crippen molar-refractivity contribution in [3.63, 3.8) is 0 Å². The molecule has 0 aromatic carbocycles. The van der Waals surface area contributed by atoms with Crippen molar-refractivity contribution in [3.8, 4) is 0 Å². The second-order valence-electron chi connectivity index (χ2n) is 4.77. The molecule has 16 heavy (non-hydrogen) atoms. The third kappa shape index (κ3) is 5.28. The Hall–Kier alpha value is -0.120. The zero-order valence-electron chi connectivity index (χ0n) is 11.0. The van der Waals surface area contributed by atoms with E-state index in [9.17, 15) is 0 Å². The minimum absolute atomic E-state index is 0.261. The highest BCUT2D eigenvalue weighted by atomic mass is 16.5. The molecule has 96 valence electrons. The topological polar surface area (TPSA) is 30.5 Å². The van der Waals surface area contributed by atoms with Crippen molar-refractivity contribution in [1.82, 2.24) is 5.32 Å². The molecule has 0 aromatic heterocycles. The van der Waals surface area contributed by atoms with Gasteiger partial charge >= 0.3 is 0 Å². The van der Waals surface area contributed by atoms with Gasteiger partial charge in [-0.1, -0.05) is 6.92 Å². The molecule has 3 atom stereocenters. The van der Waals surface area contributed by atoms with Gasteiger partial charge in [0.25, 0.3) is 0 Å². The Bertz CT molecular complexity index is 169. The molecule has 1 fully saturated rings. The SMILES string of the molecule is CCCNC(C)C(C)OCC1CCCCO1. The Morgan fingerprint density at radius 2 is 2.19 bits per heavy atom. The van der Waals surface area contributed by atoms with Crippen LogP contribution in [-0.2, 0) is 9.47 Å². The van der Waals surface area contributed by atoms with Crippen LogP contribution in [0.15, 0.2) is 0 Å². The molecule has 0 bridgehead atoms. The molecule has 0 radical (unpaired) electrons. The van der Waals surface area contributed by atoms with Crippen LogP contribution < -0.4 is 5.32 Å². The lowest BCUT2D eigenvalue weighted by atomic mass is 10.1. The number of ether oxygens (including phenoxy) is 2. The second kappa shape index (κ2) is 8.04. The third-order valence-electron chi connectivity index (χ3n) is 3.24. The molecule has 1 aliphatic rings. The van der Waals surface area contributed by atoms with E-state index in [1.54, 1.807) is 0 Å². The predicted molar refractivity (Wildman–Crippen MR) is 66.8 cm³/mol. The van der Waals surface area contributed by atoms with E-state index in [2.05, 4.69) is 26.1 Å².